The van der Waals surface area contributed by atoms with Crippen molar-refractivity contribution in [3.05, 3.63) is 149 Å². The molecular weight excluding hydrogens is 1230 g/mol. The Balaban J connectivity index is 0.000000455. The van der Waals surface area contributed by atoms with Crippen LogP contribution in [0, 0.1) is 25.5 Å². The van der Waals surface area contributed by atoms with Crippen LogP contribution in [0.15, 0.2) is 92.0 Å². The van der Waals surface area contributed by atoms with Gasteiger partial charge in [0.1, 0.15) is 62.3 Å². The van der Waals surface area contributed by atoms with Gasteiger partial charge in [-0.25, -0.2) is 41.7 Å². The SMILES string of the molecule is COC(=O)CBr.COC(=O)COc1ccc(C)cc1-n1nnc2cc(F)c(-n3c(=O)cc(C(F)(F)F)n(C)c3=O)cc21.Cc1ccc(O)c(-n2nnc3cc(F)c(-n4c(=O)cc(C(F)(F)F)n(C)c4=O)cc32)c1.O=CO[O-].[2H]CF.[K+].[K+]. The summed E-state index contributed by atoms with van der Waals surface area (Å²) < 4.78 is 142. The molecule has 0 unspecified atom stereocenters. The second-order valence-electron chi connectivity index (χ2n) is 15.4. The topological polar surface area (TPSA) is 281 Å². The number of fused-ring (bicyclic) bond motifs is 2. The third-order valence-electron chi connectivity index (χ3n) is 10.4. The van der Waals surface area contributed by atoms with Crippen molar-refractivity contribution in [3.8, 4) is 34.2 Å². The Morgan fingerprint density at radius 2 is 1.09 bits per heavy atom. The Labute approximate surface area is 542 Å². The minimum atomic E-state index is -4.97. The molecule has 4 aromatic heterocycles. The number of ether oxygens (including phenoxy) is 3. The van der Waals surface area contributed by atoms with E-state index in [0.29, 0.717) is 0 Å². The molecule has 0 amide bonds. The maximum absolute atomic E-state index is 15.0. The number of carbonyl (C=O) groups excluding carboxylic acids is 3. The Morgan fingerprint density at radius 3 is 1.46 bits per heavy atom. The largest absolute Gasteiger partial charge is 1.00 e. The average Bonchev–Trinajstić information content (AvgIpc) is 4.01. The fourth-order valence-corrected chi connectivity index (χ4v) is 7.00. The van der Waals surface area contributed by atoms with Gasteiger partial charge in [0.15, 0.2) is 6.61 Å². The summed E-state index contributed by atoms with van der Waals surface area (Å²) in [5.41, 5.74) is -7.33. The standard InChI is InChI=1S/C22H17F4N5O5.C19H13F4N5O3.C3H5BrO2.CH3F.CH2O3.2K/c1-11-4-5-17(36-10-20(33)35-3)16(6-11)31-15-8-14(12(23)7-13(15)27-28-31)30-19(32)9-18(22(24,25)26)29(2)21(30)34;1-9-3-4-15(29)14(5-9)28-13-7-12(10(20)6-11(13)24-25-28)27-17(30)8-16(19(21,22)23)26(2)18(27)31;1-6-3(5)2-4;1-2;2-1-4-3;;/h4-9H,10H2,1-3H3;3-8,29H,1-2H3;2H2,1H3;1H3;1,3H;;/q;;;;;2*+1/p-1/i;;;1D;;;. The molecule has 1 N–H and O–H groups in total. The molecule has 0 spiro atoms. The number of carbonyl (C=O) groups is 3. The Bertz CT molecular complexity index is 3830. The Hall–Kier alpha value is -5.87. The van der Waals surface area contributed by atoms with E-state index in [0.717, 1.165) is 49.5 Å². The van der Waals surface area contributed by atoms with Gasteiger partial charge >= 0.3 is 138 Å². The van der Waals surface area contributed by atoms with Gasteiger partial charge in [0.05, 0.1) is 45.2 Å². The van der Waals surface area contributed by atoms with E-state index in [1.807, 2.05) is 0 Å². The molecule has 0 aliphatic rings. The maximum atomic E-state index is 15.0. The van der Waals surface area contributed by atoms with Gasteiger partial charge < -0.3 is 29.5 Å². The van der Waals surface area contributed by atoms with Gasteiger partial charge in [0.2, 0.25) is 0 Å². The number of aromatic hydroxyl groups is 1. The van der Waals surface area contributed by atoms with Gasteiger partial charge in [-0.15, -0.1) is 10.2 Å². The summed E-state index contributed by atoms with van der Waals surface area (Å²) in [6.45, 7) is 2.93. The molecule has 23 nitrogen and oxygen atoms in total. The van der Waals surface area contributed by atoms with Crippen LogP contribution in [0.1, 0.15) is 23.9 Å². The van der Waals surface area contributed by atoms with Crippen molar-refractivity contribution < 1.29 is 187 Å². The third kappa shape index (κ3) is 17.1. The van der Waals surface area contributed by atoms with Crippen LogP contribution in [0.3, 0.4) is 0 Å². The number of aryl methyl sites for hydroxylation is 2. The van der Waals surface area contributed by atoms with Crippen molar-refractivity contribution in [2.24, 2.45) is 14.1 Å². The zero-order chi connectivity index (χ0) is 60.1. The maximum Gasteiger partial charge on any atom is 1.00 e. The predicted molar refractivity (Wildman–Crippen MR) is 258 cm³/mol. The molecule has 0 radical (unpaired) electrons. The minimum absolute atomic E-state index is 0. The summed E-state index contributed by atoms with van der Waals surface area (Å²) in [6, 6.07) is 13.9. The van der Waals surface area contributed by atoms with E-state index in [1.54, 1.807) is 44.2 Å². The van der Waals surface area contributed by atoms with E-state index in [9.17, 15) is 73.4 Å². The summed E-state index contributed by atoms with van der Waals surface area (Å²) in [5.74, 6) is -3.01. The molecule has 4 aromatic carbocycles. The number of hydrogen-bond donors (Lipinski definition) is 1. The first-order chi connectivity index (χ1) is 37.5. The van der Waals surface area contributed by atoms with Gasteiger partial charge in [-0.1, -0.05) is 38.5 Å². The number of rotatable bonds is 9. The number of methoxy groups -OCH3 is 2. The van der Waals surface area contributed by atoms with Crippen molar-refractivity contribution in [1.82, 2.24) is 48.3 Å². The zero-order valence-corrected chi connectivity index (χ0v) is 51.1. The number of alkyl halides is 8. The molecule has 8 rings (SSSR count). The summed E-state index contributed by atoms with van der Waals surface area (Å²) >= 11 is 2.90. The average molecular weight is 1270 g/mol. The van der Waals surface area contributed by atoms with Gasteiger partial charge in [0.25, 0.3) is 17.6 Å². The molecule has 0 saturated heterocycles. The summed E-state index contributed by atoms with van der Waals surface area (Å²) in [4.78, 5) is 82.7. The molecule has 0 fully saturated rings. The van der Waals surface area contributed by atoms with Gasteiger partial charge in [-0.3, -0.25) is 32.7 Å². The zero-order valence-electron chi connectivity index (χ0n) is 44.2. The van der Waals surface area contributed by atoms with Crippen molar-refractivity contribution in [2.45, 2.75) is 26.2 Å². The molecule has 4 heterocycles. The van der Waals surface area contributed by atoms with Gasteiger partial charge in [-0.2, -0.15) is 26.3 Å². The van der Waals surface area contributed by atoms with E-state index in [1.165, 1.54) is 29.6 Å². The fraction of sp³-hybridized carbons (Fsp3) is 0.239. The first-order valence-electron chi connectivity index (χ1n) is 22.0. The Morgan fingerprint density at radius 1 is 0.691 bits per heavy atom. The van der Waals surface area contributed by atoms with E-state index in [2.05, 4.69) is 50.9 Å². The van der Waals surface area contributed by atoms with E-state index < -0.39 is 89.0 Å². The molecule has 0 aliphatic carbocycles. The summed E-state index contributed by atoms with van der Waals surface area (Å²) in [7, 11) is 3.19. The van der Waals surface area contributed by atoms with E-state index >= 15 is 0 Å². The van der Waals surface area contributed by atoms with Crippen molar-refractivity contribution in [3.63, 3.8) is 0 Å². The molecule has 81 heavy (non-hydrogen) atoms. The summed E-state index contributed by atoms with van der Waals surface area (Å²) in [5, 5.41) is 34.4. The molecule has 35 heteroatoms. The molecule has 0 saturated carbocycles. The third-order valence-corrected chi connectivity index (χ3v) is 10.8. The molecule has 8 aromatic rings. The van der Waals surface area contributed by atoms with Crippen LogP contribution in [0.5, 0.6) is 11.5 Å². The van der Waals surface area contributed by atoms with Crippen LogP contribution in [0.25, 0.3) is 44.8 Å². The first-order valence-corrected chi connectivity index (χ1v) is 22.4. The van der Waals surface area contributed by atoms with Crippen LogP contribution in [-0.2, 0) is 55.2 Å². The van der Waals surface area contributed by atoms with E-state index in [4.69, 9.17) is 16.2 Å². The van der Waals surface area contributed by atoms with Gasteiger partial charge in [-0.05, 0) is 61.4 Å². The second kappa shape index (κ2) is 31.0. The monoisotopic (exact) mass is 1270 g/mol. The number of nitrogens with zero attached hydrogens (tertiary/aromatic N) is 10. The number of halogens is 10. The smallest absolute Gasteiger partial charge is 0.662 e. The number of esters is 2. The molecule has 0 aliphatic heterocycles. The van der Waals surface area contributed by atoms with Crippen LogP contribution in [0.4, 0.5) is 39.5 Å². The van der Waals surface area contributed by atoms with Gasteiger partial charge in [0, 0.05) is 38.4 Å². The predicted octanol–water partition coefficient (Wildman–Crippen LogP) is -1.69. The Kier molecular flexibility index (Phi) is 26.5. The second-order valence-corrected chi connectivity index (χ2v) is 16.0. The quantitative estimate of drug-likeness (QED) is 0.0321. The molecule has 0 atom stereocenters. The van der Waals surface area contributed by atoms with Crippen LogP contribution in [0.2, 0.25) is 0 Å². The molecule has 422 valence electrons. The summed E-state index contributed by atoms with van der Waals surface area (Å²) in [6.07, 6.45) is -9.91. The number of phenols is 1. The fourth-order valence-electron chi connectivity index (χ4n) is 6.77. The van der Waals surface area contributed by atoms with Crippen molar-refractivity contribution in [2.75, 3.05) is 33.3 Å². The first kappa shape index (κ1) is 69.4. The normalized spacial score (nSPS) is 10.8. The minimum Gasteiger partial charge on any atom is -0.662 e. The number of phenolic OH excluding ortho intramolecular Hbond substituents is 1. The number of benzene rings is 4. The number of aromatic nitrogens is 10. The van der Waals surface area contributed by atoms with Crippen LogP contribution in [-0.4, -0.2) is 105 Å². The molecular formula is C46H39BrF9K2N10O13+. The van der Waals surface area contributed by atoms with Crippen molar-refractivity contribution >= 4 is 56.4 Å². The van der Waals surface area contributed by atoms with E-state index in [-0.39, 0.29) is 196 Å². The van der Waals surface area contributed by atoms with Crippen LogP contribution >= 0.6 is 15.9 Å². The number of hydrogen-bond acceptors (Lipinski definition) is 17. The molecule has 0 bridgehead atoms. The van der Waals surface area contributed by atoms with Crippen molar-refractivity contribution in [1.29, 1.82) is 0 Å². The van der Waals surface area contributed by atoms with Crippen LogP contribution < -0.4 is 135 Å².